The van der Waals surface area contributed by atoms with Gasteiger partial charge in [0.25, 0.3) is 0 Å². The van der Waals surface area contributed by atoms with Crippen molar-refractivity contribution in [2.24, 2.45) is 0 Å². The average molecular weight is 311 g/mol. The zero-order valence-corrected chi connectivity index (χ0v) is 8.67. The van der Waals surface area contributed by atoms with Crippen LogP contribution in [0.3, 0.4) is 0 Å². The molecule has 0 aliphatic rings. The van der Waals surface area contributed by atoms with E-state index in [1.54, 1.807) is 0 Å². The maximum atomic E-state index is 12.5. The summed E-state index contributed by atoms with van der Waals surface area (Å²) in [5.74, 6) is -6.15. The zero-order valence-electron chi connectivity index (χ0n) is 7.85. The second kappa shape index (κ2) is 4.77. The first kappa shape index (κ1) is 17.3. The van der Waals surface area contributed by atoms with E-state index in [1.807, 2.05) is 0 Å². The first-order valence-electron chi connectivity index (χ1n) is 3.71. The first-order valence-corrected chi connectivity index (χ1v) is 5.05. The highest BCUT2D eigenvalue weighted by Gasteiger charge is 2.65. The summed E-state index contributed by atoms with van der Waals surface area (Å²) >= 11 is 0. The Morgan fingerprint density at radius 2 is 1.39 bits per heavy atom. The van der Waals surface area contributed by atoms with Crippen molar-refractivity contribution in [3.63, 3.8) is 0 Å². The standard InChI is InChI=1S/C5H4F8O4S/c6-3(7,8)1-2(17-18(14,15)16)4(9,10)5(11,12)13/h2H,1H2,(H,14,15,16)/p-1. The number of alkyl halides is 8. The first-order chi connectivity index (χ1) is 7.56. The lowest BCUT2D eigenvalue weighted by Crippen LogP contribution is -2.50. The molecule has 110 valence electrons. The molecule has 0 amide bonds. The highest BCUT2D eigenvalue weighted by molar-refractivity contribution is 7.80. The van der Waals surface area contributed by atoms with E-state index in [9.17, 15) is 48.1 Å². The molecule has 4 nitrogen and oxygen atoms in total. The number of hydrogen-bond donors (Lipinski definition) is 0. The highest BCUT2D eigenvalue weighted by atomic mass is 32.3. The van der Waals surface area contributed by atoms with E-state index in [0.29, 0.717) is 0 Å². The molecular formula is C5H3F8O4S-. The van der Waals surface area contributed by atoms with E-state index in [2.05, 4.69) is 4.18 Å². The third-order valence-corrected chi connectivity index (χ3v) is 1.90. The van der Waals surface area contributed by atoms with E-state index < -0.39 is 41.2 Å². The van der Waals surface area contributed by atoms with Gasteiger partial charge in [-0.25, -0.2) is 8.42 Å². The third-order valence-electron chi connectivity index (χ3n) is 1.43. The molecule has 0 aromatic heterocycles. The lowest BCUT2D eigenvalue weighted by Gasteiger charge is -2.29. The van der Waals surface area contributed by atoms with Crippen molar-refractivity contribution in [2.75, 3.05) is 0 Å². The fourth-order valence-corrected chi connectivity index (χ4v) is 1.23. The van der Waals surface area contributed by atoms with Crippen LogP contribution in [-0.2, 0) is 14.6 Å². The summed E-state index contributed by atoms with van der Waals surface area (Å²) in [5, 5.41) is 0. The fraction of sp³-hybridized carbons (Fsp3) is 1.00. The van der Waals surface area contributed by atoms with E-state index in [-0.39, 0.29) is 0 Å². The Morgan fingerprint density at radius 1 is 1.00 bits per heavy atom. The summed E-state index contributed by atoms with van der Waals surface area (Å²) in [6.45, 7) is 0. The predicted molar refractivity (Wildman–Crippen MR) is 36.2 cm³/mol. The summed E-state index contributed by atoms with van der Waals surface area (Å²) in [6, 6.07) is 0. The minimum Gasteiger partial charge on any atom is -0.726 e. The van der Waals surface area contributed by atoms with Crippen LogP contribution in [0, 0.1) is 0 Å². The van der Waals surface area contributed by atoms with E-state index in [1.165, 1.54) is 0 Å². The Morgan fingerprint density at radius 3 is 1.61 bits per heavy atom. The van der Waals surface area contributed by atoms with Gasteiger partial charge in [0.05, 0.1) is 6.42 Å². The van der Waals surface area contributed by atoms with E-state index in [4.69, 9.17) is 0 Å². The minimum absolute atomic E-state index is 2.63. The zero-order chi connectivity index (χ0) is 15.0. The summed E-state index contributed by atoms with van der Waals surface area (Å²) in [5.41, 5.74) is 0. The molecular weight excluding hydrogens is 308 g/mol. The van der Waals surface area contributed by atoms with Gasteiger partial charge in [0.15, 0.2) is 6.10 Å². The molecule has 1 unspecified atom stereocenters. The molecule has 0 rings (SSSR count). The summed E-state index contributed by atoms with van der Waals surface area (Å²) in [4.78, 5) is 0. The van der Waals surface area contributed by atoms with Gasteiger partial charge in [-0.15, -0.1) is 0 Å². The van der Waals surface area contributed by atoms with Crippen LogP contribution in [0.1, 0.15) is 6.42 Å². The van der Waals surface area contributed by atoms with Gasteiger partial charge >= 0.3 is 18.3 Å². The Hall–Kier alpha value is -0.690. The Labute approximate surface area is 94.5 Å². The van der Waals surface area contributed by atoms with Crippen LogP contribution in [0.25, 0.3) is 0 Å². The molecule has 0 aliphatic carbocycles. The Kier molecular flexibility index (Phi) is 4.59. The third kappa shape index (κ3) is 5.30. The molecule has 0 radical (unpaired) electrons. The highest BCUT2D eigenvalue weighted by Crippen LogP contribution is 2.43. The van der Waals surface area contributed by atoms with Crippen molar-refractivity contribution in [1.29, 1.82) is 0 Å². The molecule has 0 fully saturated rings. The van der Waals surface area contributed by atoms with Crippen molar-refractivity contribution < 1.29 is 52.3 Å². The lowest BCUT2D eigenvalue weighted by molar-refractivity contribution is -0.318. The van der Waals surface area contributed by atoms with Gasteiger partial charge in [0, 0.05) is 0 Å². The number of halogens is 8. The number of hydrogen-bond acceptors (Lipinski definition) is 4. The maximum Gasteiger partial charge on any atom is 0.456 e. The molecule has 0 spiro atoms. The fourth-order valence-electron chi connectivity index (χ4n) is 0.758. The Balaban J connectivity index is 5.35. The number of rotatable bonds is 4. The quantitative estimate of drug-likeness (QED) is 0.452. The van der Waals surface area contributed by atoms with E-state index in [0.717, 1.165) is 0 Å². The van der Waals surface area contributed by atoms with Gasteiger partial charge in [0.1, 0.15) is 0 Å². The molecule has 0 N–H and O–H groups in total. The molecule has 1 atom stereocenters. The molecule has 0 heterocycles. The van der Waals surface area contributed by atoms with Crippen LogP contribution in [-0.4, -0.2) is 37.3 Å². The van der Waals surface area contributed by atoms with Crippen molar-refractivity contribution in [2.45, 2.75) is 30.8 Å². The topological polar surface area (TPSA) is 66.4 Å². The summed E-state index contributed by atoms with van der Waals surface area (Å²) in [6.07, 6.45) is -19.3. The molecule has 0 aromatic rings. The van der Waals surface area contributed by atoms with Crippen LogP contribution in [0.4, 0.5) is 35.1 Å². The van der Waals surface area contributed by atoms with Crippen LogP contribution >= 0.6 is 0 Å². The van der Waals surface area contributed by atoms with E-state index >= 15 is 0 Å². The molecule has 0 aliphatic heterocycles. The molecule has 13 heteroatoms. The van der Waals surface area contributed by atoms with Crippen molar-refractivity contribution in [1.82, 2.24) is 0 Å². The molecule has 0 bridgehead atoms. The van der Waals surface area contributed by atoms with Crippen LogP contribution in [0.5, 0.6) is 0 Å². The SMILES string of the molecule is O=S(=O)([O-])OC(CC(F)(F)F)C(F)(F)C(F)(F)F. The van der Waals surface area contributed by atoms with Gasteiger partial charge in [-0.2, -0.15) is 35.1 Å². The van der Waals surface area contributed by atoms with Crippen molar-refractivity contribution in [3.05, 3.63) is 0 Å². The van der Waals surface area contributed by atoms with Gasteiger partial charge in [-0.1, -0.05) is 0 Å². The van der Waals surface area contributed by atoms with Crippen LogP contribution in [0.2, 0.25) is 0 Å². The predicted octanol–water partition coefficient (Wildman–Crippen LogP) is 1.98. The summed E-state index contributed by atoms with van der Waals surface area (Å²) in [7, 11) is -6.17. The average Bonchev–Trinajstić information content (AvgIpc) is 1.94. The normalized spacial score (nSPS) is 16.7. The monoisotopic (exact) mass is 311 g/mol. The lowest BCUT2D eigenvalue weighted by atomic mass is 10.1. The Bertz CT molecular complexity index is 381. The molecule has 0 saturated heterocycles. The smallest absolute Gasteiger partial charge is 0.456 e. The van der Waals surface area contributed by atoms with Gasteiger partial charge < -0.3 is 4.55 Å². The molecule has 0 saturated carbocycles. The van der Waals surface area contributed by atoms with Crippen LogP contribution in [0.15, 0.2) is 0 Å². The minimum atomic E-state index is -6.51. The maximum absolute atomic E-state index is 12.5. The summed E-state index contributed by atoms with van der Waals surface area (Å²) < 4.78 is 128. The van der Waals surface area contributed by atoms with Gasteiger partial charge in [0.2, 0.25) is 10.4 Å². The second-order valence-corrected chi connectivity index (χ2v) is 3.94. The van der Waals surface area contributed by atoms with Gasteiger partial charge in [-0.05, 0) is 0 Å². The largest absolute Gasteiger partial charge is 0.726 e. The van der Waals surface area contributed by atoms with Gasteiger partial charge in [-0.3, -0.25) is 4.18 Å². The van der Waals surface area contributed by atoms with Crippen molar-refractivity contribution >= 4 is 10.4 Å². The second-order valence-electron chi connectivity index (χ2n) is 2.93. The molecule has 0 aromatic carbocycles. The molecule has 18 heavy (non-hydrogen) atoms. The van der Waals surface area contributed by atoms with Crippen LogP contribution < -0.4 is 0 Å². The van der Waals surface area contributed by atoms with Crippen molar-refractivity contribution in [3.8, 4) is 0 Å².